The summed E-state index contributed by atoms with van der Waals surface area (Å²) in [5, 5.41) is 3.63. The van der Waals surface area contributed by atoms with Gasteiger partial charge in [0.15, 0.2) is 0 Å². The summed E-state index contributed by atoms with van der Waals surface area (Å²) in [5.41, 5.74) is 1.43. The van der Waals surface area contributed by atoms with Crippen LogP contribution in [0.15, 0.2) is 30.3 Å². The zero-order valence-electron chi connectivity index (χ0n) is 12.5. The number of piperidine rings is 1. The number of rotatable bonds is 6. The highest BCUT2D eigenvalue weighted by Crippen LogP contribution is 2.10. The molecule has 20 heavy (non-hydrogen) atoms. The Morgan fingerprint density at radius 3 is 2.55 bits per heavy atom. The molecule has 0 radical (unpaired) electrons. The molecule has 0 aromatic heterocycles. The van der Waals surface area contributed by atoms with Crippen molar-refractivity contribution >= 4 is 5.91 Å². The van der Waals surface area contributed by atoms with E-state index >= 15 is 0 Å². The highest BCUT2D eigenvalue weighted by Gasteiger charge is 2.19. The van der Waals surface area contributed by atoms with Crippen LogP contribution in [0.2, 0.25) is 0 Å². The van der Waals surface area contributed by atoms with Gasteiger partial charge >= 0.3 is 0 Å². The summed E-state index contributed by atoms with van der Waals surface area (Å²) in [5.74, 6) is 0.214. The van der Waals surface area contributed by atoms with E-state index in [9.17, 15) is 4.79 Å². The fourth-order valence-electron chi connectivity index (χ4n) is 2.80. The van der Waals surface area contributed by atoms with Crippen LogP contribution in [0, 0.1) is 0 Å². The van der Waals surface area contributed by atoms with Crippen LogP contribution in [0.1, 0.15) is 38.2 Å². The Hall–Kier alpha value is -1.35. The predicted octanol–water partition coefficient (Wildman–Crippen LogP) is 2.61. The fourth-order valence-corrected chi connectivity index (χ4v) is 2.80. The zero-order valence-corrected chi connectivity index (χ0v) is 12.5. The maximum Gasteiger partial charge on any atom is 0.219 e. The van der Waals surface area contributed by atoms with Crippen LogP contribution in [0.4, 0.5) is 0 Å². The lowest BCUT2D eigenvalue weighted by Crippen LogP contribution is -2.44. The molecule has 1 aliphatic rings. The van der Waals surface area contributed by atoms with Crippen LogP contribution in [0.3, 0.4) is 0 Å². The van der Waals surface area contributed by atoms with Gasteiger partial charge in [0, 0.05) is 26.1 Å². The van der Waals surface area contributed by atoms with Crippen molar-refractivity contribution in [2.75, 3.05) is 19.6 Å². The maximum atomic E-state index is 11.2. The second kappa shape index (κ2) is 8.05. The van der Waals surface area contributed by atoms with E-state index in [1.807, 2.05) is 4.90 Å². The minimum atomic E-state index is 0.214. The van der Waals surface area contributed by atoms with Crippen molar-refractivity contribution in [2.24, 2.45) is 0 Å². The first-order valence-corrected chi connectivity index (χ1v) is 7.78. The van der Waals surface area contributed by atoms with Crippen molar-refractivity contribution in [2.45, 2.75) is 45.1 Å². The molecule has 1 saturated heterocycles. The molecule has 1 aliphatic heterocycles. The first-order chi connectivity index (χ1) is 9.75. The number of carbonyl (C=O) groups excluding carboxylic acids is 1. The number of nitrogens with one attached hydrogen (secondary N) is 1. The molecule has 2 rings (SSSR count). The molecule has 0 atom stereocenters. The lowest BCUT2D eigenvalue weighted by molar-refractivity contribution is -0.129. The van der Waals surface area contributed by atoms with Gasteiger partial charge in [0.05, 0.1) is 0 Å². The van der Waals surface area contributed by atoms with Gasteiger partial charge in [-0.1, -0.05) is 30.3 Å². The Labute approximate surface area is 122 Å². The number of amides is 1. The number of nitrogens with zero attached hydrogens (tertiary/aromatic N) is 1. The third-order valence-corrected chi connectivity index (χ3v) is 4.11. The van der Waals surface area contributed by atoms with Gasteiger partial charge < -0.3 is 10.2 Å². The average molecular weight is 274 g/mol. The average Bonchev–Trinajstić information content (AvgIpc) is 2.48. The Morgan fingerprint density at radius 1 is 1.20 bits per heavy atom. The number of benzene rings is 1. The van der Waals surface area contributed by atoms with E-state index in [2.05, 4.69) is 35.6 Å². The summed E-state index contributed by atoms with van der Waals surface area (Å²) < 4.78 is 0. The number of carbonyl (C=O) groups is 1. The Balaban J connectivity index is 1.53. The molecule has 0 unspecified atom stereocenters. The van der Waals surface area contributed by atoms with Gasteiger partial charge in [-0.25, -0.2) is 0 Å². The minimum absolute atomic E-state index is 0.214. The van der Waals surface area contributed by atoms with Crippen LogP contribution in [-0.4, -0.2) is 36.5 Å². The Morgan fingerprint density at radius 2 is 1.90 bits per heavy atom. The third kappa shape index (κ3) is 4.97. The van der Waals surface area contributed by atoms with Gasteiger partial charge in [-0.15, -0.1) is 0 Å². The highest BCUT2D eigenvalue weighted by atomic mass is 16.2. The molecule has 3 nitrogen and oxygen atoms in total. The molecule has 0 saturated carbocycles. The van der Waals surface area contributed by atoms with Crippen molar-refractivity contribution in [1.29, 1.82) is 0 Å². The molecule has 1 aromatic rings. The van der Waals surface area contributed by atoms with Gasteiger partial charge in [0.1, 0.15) is 0 Å². The molecule has 0 spiro atoms. The lowest BCUT2D eigenvalue weighted by Gasteiger charge is -2.31. The van der Waals surface area contributed by atoms with Crippen molar-refractivity contribution in [3.8, 4) is 0 Å². The van der Waals surface area contributed by atoms with Crippen molar-refractivity contribution < 1.29 is 4.79 Å². The van der Waals surface area contributed by atoms with Gasteiger partial charge in [-0.05, 0) is 44.2 Å². The first-order valence-electron chi connectivity index (χ1n) is 7.78. The summed E-state index contributed by atoms with van der Waals surface area (Å²) in [6.45, 7) is 4.59. The van der Waals surface area contributed by atoms with Gasteiger partial charge in [0.2, 0.25) is 5.91 Å². The summed E-state index contributed by atoms with van der Waals surface area (Å²) in [4.78, 5) is 13.2. The number of hydrogen-bond donors (Lipinski definition) is 1. The number of unbranched alkanes of at least 4 members (excludes halogenated alkanes) is 1. The minimum Gasteiger partial charge on any atom is -0.343 e. The van der Waals surface area contributed by atoms with Crippen molar-refractivity contribution in [3.05, 3.63) is 35.9 Å². The number of likely N-dealkylation sites (tertiary alicyclic amines) is 1. The molecule has 1 aromatic carbocycles. The SMILES string of the molecule is CC(=O)N1CCC(NCCCCc2ccccc2)CC1. The zero-order chi connectivity index (χ0) is 14.2. The number of hydrogen-bond acceptors (Lipinski definition) is 2. The Bertz CT molecular complexity index is 397. The van der Waals surface area contributed by atoms with Crippen LogP contribution in [0.5, 0.6) is 0 Å². The normalized spacial score (nSPS) is 16.4. The van der Waals surface area contributed by atoms with Crippen molar-refractivity contribution in [3.63, 3.8) is 0 Å². The molecule has 0 aliphatic carbocycles. The largest absolute Gasteiger partial charge is 0.343 e. The Kier molecular flexibility index (Phi) is 6.06. The smallest absolute Gasteiger partial charge is 0.219 e. The van der Waals surface area contributed by atoms with Gasteiger partial charge in [-0.3, -0.25) is 4.79 Å². The topological polar surface area (TPSA) is 32.3 Å². The van der Waals surface area contributed by atoms with E-state index in [0.29, 0.717) is 6.04 Å². The molecule has 110 valence electrons. The van der Waals surface area contributed by atoms with Gasteiger partial charge in [-0.2, -0.15) is 0 Å². The fraction of sp³-hybridized carbons (Fsp3) is 0.588. The van der Waals surface area contributed by atoms with Crippen LogP contribution >= 0.6 is 0 Å². The summed E-state index contributed by atoms with van der Waals surface area (Å²) in [6, 6.07) is 11.3. The van der Waals surface area contributed by atoms with E-state index in [1.54, 1.807) is 6.92 Å². The summed E-state index contributed by atoms with van der Waals surface area (Å²) in [7, 11) is 0. The highest BCUT2D eigenvalue weighted by molar-refractivity contribution is 5.73. The van der Waals surface area contributed by atoms with E-state index in [-0.39, 0.29) is 5.91 Å². The molecule has 3 heteroatoms. The quantitative estimate of drug-likeness (QED) is 0.809. The summed E-state index contributed by atoms with van der Waals surface area (Å²) >= 11 is 0. The second-order valence-corrected chi connectivity index (χ2v) is 5.68. The molecule has 1 fully saturated rings. The van der Waals surface area contributed by atoms with E-state index in [0.717, 1.165) is 32.5 Å². The maximum absolute atomic E-state index is 11.2. The first kappa shape index (κ1) is 15.0. The van der Waals surface area contributed by atoms with Gasteiger partial charge in [0.25, 0.3) is 0 Å². The molecule has 1 N–H and O–H groups in total. The third-order valence-electron chi connectivity index (χ3n) is 4.11. The van der Waals surface area contributed by atoms with E-state index in [4.69, 9.17) is 0 Å². The second-order valence-electron chi connectivity index (χ2n) is 5.68. The molecular weight excluding hydrogens is 248 g/mol. The van der Waals surface area contributed by atoms with Crippen molar-refractivity contribution in [1.82, 2.24) is 10.2 Å². The van der Waals surface area contributed by atoms with E-state index in [1.165, 1.54) is 24.8 Å². The summed E-state index contributed by atoms with van der Waals surface area (Å²) in [6.07, 6.45) is 5.83. The predicted molar refractivity (Wildman–Crippen MR) is 82.7 cm³/mol. The molecule has 1 amide bonds. The van der Waals surface area contributed by atoms with Crippen LogP contribution < -0.4 is 5.32 Å². The van der Waals surface area contributed by atoms with Crippen LogP contribution in [0.25, 0.3) is 0 Å². The monoisotopic (exact) mass is 274 g/mol. The van der Waals surface area contributed by atoms with E-state index < -0.39 is 0 Å². The standard InChI is InChI=1S/C17H26N2O/c1-15(20)19-13-10-17(11-14-19)18-12-6-5-9-16-7-3-2-4-8-16/h2-4,7-8,17-18H,5-6,9-14H2,1H3. The molecular formula is C17H26N2O. The van der Waals surface area contributed by atoms with Crippen LogP contribution in [-0.2, 0) is 11.2 Å². The lowest BCUT2D eigenvalue weighted by atomic mass is 10.0. The molecule has 1 heterocycles. The molecule has 0 bridgehead atoms. The number of aryl methyl sites for hydroxylation is 1.